The summed E-state index contributed by atoms with van der Waals surface area (Å²) in [5.74, 6) is 0.118. The Morgan fingerprint density at radius 2 is 2.04 bits per heavy atom. The topological polar surface area (TPSA) is 55.1 Å². The summed E-state index contributed by atoms with van der Waals surface area (Å²) in [6.07, 6.45) is 7.56. The van der Waals surface area contributed by atoms with Gasteiger partial charge >= 0.3 is 5.97 Å². The number of carboxylic acid groups (broad SMARTS) is 1. The van der Waals surface area contributed by atoms with Crippen LogP contribution in [0.1, 0.15) is 37.1 Å². The number of benzene rings is 1. The molecule has 23 heavy (non-hydrogen) atoms. The van der Waals surface area contributed by atoms with Crippen molar-refractivity contribution in [2.75, 3.05) is 0 Å². The summed E-state index contributed by atoms with van der Waals surface area (Å²) in [6, 6.07) is 5.10. The number of aromatic nitrogens is 2. The number of halogens is 1. The second-order valence-electron chi connectivity index (χ2n) is 6.42. The second kappa shape index (κ2) is 6.52. The molecule has 4 nitrogen and oxygen atoms in total. The highest BCUT2D eigenvalue weighted by atomic mass is 19.1. The van der Waals surface area contributed by atoms with E-state index in [1.54, 1.807) is 12.3 Å². The Morgan fingerprint density at radius 3 is 2.65 bits per heavy atom. The van der Waals surface area contributed by atoms with E-state index in [4.69, 9.17) is 5.11 Å². The molecule has 1 N–H and O–H groups in total. The Kier molecular flexibility index (Phi) is 4.46. The van der Waals surface area contributed by atoms with Crippen LogP contribution in [0, 0.1) is 24.6 Å². The lowest BCUT2D eigenvalue weighted by Crippen LogP contribution is -2.22. The first-order valence-corrected chi connectivity index (χ1v) is 8.05. The van der Waals surface area contributed by atoms with Crippen molar-refractivity contribution in [3.05, 3.63) is 47.8 Å². The molecule has 0 amide bonds. The molecular formula is C18H21FN2O2. The van der Waals surface area contributed by atoms with Gasteiger partial charge in [-0.05, 0) is 68.7 Å². The Hall–Kier alpha value is -2.17. The monoisotopic (exact) mass is 316 g/mol. The predicted molar refractivity (Wildman–Crippen MR) is 85.0 cm³/mol. The number of carbonyl (C=O) groups is 1. The van der Waals surface area contributed by atoms with Gasteiger partial charge in [-0.25, -0.2) is 9.37 Å². The molecule has 3 rings (SSSR count). The van der Waals surface area contributed by atoms with E-state index in [0.717, 1.165) is 49.2 Å². The SMILES string of the molecule is Cc1nccn1-c1cc(F)cc(CC2CCC(C(=O)O)CC2)c1. The summed E-state index contributed by atoms with van der Waals surface area (Å²) in [5.41, 5.74) is 1.75. The number of aliphatic carboxylic acids is 1. The fourth-order valence-electron chi connectivity index (χ4n) is 3.49. The van der Waals surface area contributed by atoms with Crippen LogP contribution in [0.5, 0.6) is 0 Å². The number of rotatable bonds is 4. The van der Waals surface area contributed by atoms with Crippen LogP contribution < -0.4 is 0 Å². The van der Waals surface area contributed by atoms with Crippen LogP contribution in [-0.4, -0.2) is 20.6 Å². The third kappa shape index (κ3) is 3.60. The van der Waals surface area contributed by atoms with Gasteiger partial charge in [-0.3, -0.25) is 4.79 Å². The molecule has 1 aliphatic rings. The minimum Gasteiger partial charge on any atom is -0.481 e. The number of nitrogens with zero attached hydrogens (tertiary/aromatic N) is 2. The summed E-state index contributed by atoms with van der Waals surface area (Å²) in [5, 5.41) is 9.06. The number of hydrogen-bond acceptors (Lipinski definition) is 2. The van der Waals surface area contributed by atoms with Gasteiger partial charge in [0.05, 0.1) is 5.92 Å². The average Bonchev–Trinajstić information content (AvgIpc) is 2.93. The van der Waals surface area contributed by atoms with Crippen LogP contribution in [0.4, 0.5) is 4.39 Å². The molecule has 1 saturated carbocycles. The highest BCUT2D eigenvalue weighted by Gasteiger charge is 2.26. The normalized spacial score (nSPS) is 21.3. The second-order valence-corrected chi connectivity index (χ2v) is 6.42. The van der Waals surface area contributed by atoms with Crippen molar-refractivity contribution >= 4 is 5.97 Å². The number of hydrogen-bond donors (Lipinski definition) is 1. The van der Waals surface area contributed by atoms with Gasteiger partial charge in [-0.1, -0.05) is 0 Å². The Bertz CT molecular complexity index is 703. The van der Waals surface area contributed by atoms with Crippen LogP contribution in [0.25, 0.3) is 5.69 Å². The number of carboxylic acids is 1. The van der Waals surface area contributed by atoms with Gasteiger partial charge < -0.3 is 9.67 Å². The van der Waals surface area contributed by atoms with E-state index in [9.17, 15) is 9.18 Å². The zero-order valence-corrected chi connectivity index (χ0v) is 13.2. The maximum atomic E-state index is 14.0. The van der Waals surface area contributed by atoms with E-state index in [0.29, 0.717) is 5.92 Å². The van der Waals surface area contributed by atoms with Gasteiger partial charge in [-0.15, -0.1) is 0 Å². The fourth-order valence-corrected chi connectivity index (χ4v) is 3.49. The quantitative estimate of drug-likeness (QED) is 0.934. The summed E-state index contributed by atoms with van der Waals surface area (Å²) >= 11 is 0. The van der Waals surface area contributed by atoms with Crippen LogP contribution in [0.15, 0.2) is 30.6 Å². The summed E-state index contributed by atoms with van der Waals surface area (Å²) in [4.78, 5) is 15.2. The number of imidazole rings is 1. The molecule has 1 aromatic heterocycles. The van der Waals surface area contributed by atoms with Crippen LogP contribution in [0.2, 0.25) is 0 Å². The van der Waals surface area contributed by atoms with Crippen molar-refractivity contribution in [2.45, 2.75) is 39.0 Å². The van der Waals surface area contributed by atoms with Gasteiger partial charge in [0.15, 0.2) is 0 Å². The lowest BCUT2D eigenvalue weighted by Gasteiger charge is -2.26. The summed E-state index contributed by atoms with van der Waals surface area (Å²) in [6.45, 7) is 1.89. The van der Waals surface area contributed by atoms with Gasteiger partial charge in [0.2, 0.25) is 0 Å². The zero-order chi connectivity index (χ0) is 16.4. The minimum absolute atomic E-state index is 0.206. The molecule has 0 saturated heterocycles. The zero-order valence-electron chi connectivity index (χ0n) is 13.2. The summed E-state index contributed by atoms with van der Waals surface area (Å²) < 4.78 is 15.8. The van der Waals surface area contributed by atoms with Crippen molar-refractivity contribution in [1.29, 1.82) is 0 Å². The molecule has 5 heteroatoms. The van der Waals surface area contributed by atoms with Crippen LogP contribution in [-0.2, 0) is 11.2 Å². The minimum atomic E-state index is -0.688. The molecule has 0 bridgehead atoms. The van der Waals surface area contributed by atoms with Crippen LogP contribution in [0.3, 0.4) is 0 Å². The molecular weight excluding hydrogens is 295 g/mol. The highest BCUT2D eigenvalue weighted by Crippen LogP contribution is 2.31. The third-order valence-corrected chi connectivity index (χ3v) is 4.77. The predicted octanol–water partition coefficient (Wildman–Crippen LogP) is 3.75. The molecule has 0 spiro atoms. The molecule has 1 aromatic carbocycles. The molecule has 0 radical (unpaired) electrons. The van der Waals surface area contributed by atoms with Crippen molar-refractivity contribution in [3.63, 3.8) is 0 Å². The fraction of sp³-hybridized carbons (Fsp3) is 0.444. The maximum Gasteiger partial charge on any atom is 0.306 e. The van der Waals surface area contributed by atoms with Gasteiger partial charge in [0.1, 0.15) is 11.6 Å². The Balaban J connectivity index is 1.73. The van der Waals surface area contributed by atoms with Gasteiger partial charge in [-0.2, -0.15) is 0 Å². The average molecular weight is 316 g/mol. The molecule has 1 heterocycles. The molecule has 1 aliphatic carbocycles. The van der Waals surface area contributed by atoms with E-state index in [1.807, 2.05) is 23.8 Å². The molecule has 1 fully saturated rings. The standard InChI is InChI=1S/C18H21FN2O2/c1-12-20-6-7-21(12)17-10-14(9-16(19)11-17)8-13-2-4-15(5-3-13)18(22)23/h6-7,9-11,13,15H,2-5,8H2,1H3,(H,22,23). The number of aryl methyl sites for hydroxylation is 1. The van der Waals surface area contributed by atoms with Crippen molar-refractivity contribution < 1.29 is 14.3 Å². The molecule has 122 valence electrons. The molecule has 0 atom stereocenters. The first kappa shape index (κ1) is 15.7. The Labute approximate surface area is 135 Å². The molecule has 2 aromatic rings. The van der Waals surface area contributed by atoms with Crippen LogP contribution >= 0.6 is 0 Å². The van der Waals surface area contributed by atoms with Crippen molar-refractivity contribution in [3.8, 4) is 5.69 Å². The summed E-state index contributed by atoms with van der Waals surface area (Å²) in [7, 11) is 0. The smallest absolute Gasteiger partial charge is 0.306 e. The van der Waals surface area contributed by atoms with Gasteiger partial charge in [0, 0.05) is 18.1 Å². The molecule has 0 aliphatic heterocycles. The van der Waals surface area contributed by atoms with E-state index < -0.39 is 5.97 Å². The largest absolute Gasteiger partial charge is 0.481 e. The van der Waals surface area contributed by atoms with Gasteiger partial charge in [0.25, 0.3) is 0 Å². The first-order valence-electron chi connectivity index (χ1n) is 8.05. The van der Waals surface area contributed by atoms with Crippen molar-refractivity contribution in [1.82, 2.24) is 9.55 Å². The first-order chi connectivity index (χ1) is 11.0. The van der Waals surface area contributed by atoms with E-state index in [1.165, 1.54) is 6.07 Å². The van der Waals surface area contributed by atoms with E-state index in [2.05, 4.69) is 4.98 Å². The lowest BCUT2D eigenvalue weighted by atomic mass is 9.79. The Morgan fingerprint density at radius 1 is 1.30 bits per heavy atom. The maximum absolute atomic E-state index is 14.0. The molecule has 0 unspecified atom stereocenters. The van der Waals surface area contributed by atoms with Crippen molar-refractivity contribution in [2.24, 2.45) is 11.8 Å². The third-order valence-electron chi connectivity index (χ3n) is 4.77. The van der Waals surface area contributed by atoms with E-state index >= 15 is 0 Å². The van der Waals surface area contributed by atoms with E-state index in [-0.39, 0.29) is 11.7 Å². The highest BCUT2D eigenvalue weighted by molar-refractivity contribution is 5.70. The lowest BCUT2D eigenvalue weighted by molar-refractivity contribution is -0.143.